The second-order valence-corrected chi connectivity index (χ2v) is 5.03. The maximum atomic E-state index is 10.6. The number of fused-ring (bicyclic) bond motifs is 1. The first kappa shape index (κ1) is 12.3. The van der Waals surface area contributed by atoms with Crippen LogP contribution in [-0.2, 0) is 6.54 Å². The SMILES string of the molecule is O=Cc1ccc(Cn2ccc3c(Cl)cc(Cl)cc32)o1. The minimum atomic E-state index is 0.322. The summed E-state index contributed by atoms with van der Waals surface area (Å²) >= 11 is 12.2. The maximum absolute atomic E-state index is 10.6. The molecule has 3 nitrogen and oxygen atoms in total. The number of halogens is 2. The van der Waals surface area contributed by atoms with Gasteiger partial charge in [0.1, 0.15) is 5.76 Å². The number of rotatable bonds is 3. The third kappa shape index (κ3) is 2.27. The second kappa shape index (κ2) is 4.76. The normalized spacial score (nSPS) is 11.1. The molecular weight excluding hydrogens is 285 g/mol. The molecule has 2 heterocycles. The van der Waals surface area contributed by atoms with E-state index in [1.54, 1.807) is 18.2 Å². The van der Waals surface area contributed by atoms with E-state index < -0.39 is 0 Å². The van der Waals surface area contributed by atoms with Crippen LogP contribution in [0.4, 0.5) is 0 Å². The molecule has 3 aromatic rings. The van der Waals surface area contributed by atoms with Crippen molar-refractivity contribution in [3.8, 4) is 0 Å². The molecule has 3 rings (SSSR count). The monoisotopic (exact) mass is 293 g/mol. The molecule has 0 N–H and O–H groups in total. The van der Waals surface area contributed by atoms with Crippen molar-refractivity contribution in [2.75, 3.05) is 0 Å². The highest BCUT2D eigenvalue weighted by Crippen LogP contribution is 2.29. The van der Waals surface area contributed by atoms with Crippen molar-refractivity contribution >= 4 is 40.4 Å². The lowest BCUT2D eigenvalue weighted by Crippen LogP contribution is -1.96. The van der Waals surface area contributed by atoms with Crippen LogP contribution >= 0.6 is 23.2 Å². The van der Waals surface area contributed by atoms with Crippen molar-refractivity contribution in [3.05, 3.63) is 58.1 Å². The average molecular weight is 294 g/mol. The average Bonchev–Trinajstić information content (AvgIpc) is 2.97. The lowest BCUT2D eigenvalue weighted by Gasteiger charge is -2.04. The molecule has 5 heteroatoms. The van der Waals surface area contributed by atoms with E-state index in [9.17, 15) is 4.79 Å². The Labute approximate surface area is 119 Å². The predicted molar refractivity (Wildman–Crippen MR) is 75.2 cm³/mol. The highest BCUT2D eigenvalue weighted by atomic mass is 35.5. The first-order chi connectivity index (χ1) is 9.17. The predicted octanol–water partition coefficient (Wildman–Crippen LogP) is 4.40. The molecular formula is C14H9Cl2NO2. The molecule has 0 fully saturated rings. The van der Waals surface area contributed by atoms with Crippen LogP contribution in [0.15, 0.2) is 40.9 Å². The Hall–Kier alpha value is -1.71. The molecule has 0 unspecified atom stereocenters. The molecule has 0 aliphatic carbocycles. The Bertz CT molecular complexity index is 758. The number of aromatic nitrogens is 1. The summed E-state index contributed by atoms with van der Waals surface area (Å²) in [4.78, 5) is 10.6. The number of carbonyl (C=O) groups excluding carboxylic acids is 1. The third-order valence-electron chi connectivity index (χ3n) is 2.93. The molecule has 1 aromatic carbocycles. The van der Waals surface area contributed by atoms with E-state index in [2.05, 4.69) is 0 Å². The summed E-state index contributed by atoms with van der Waals surface area (Å²) < 4.78 is 7.33. The molecule has 2 aromatic heterocycles. The van der Waals surface area contributed by atoms with Crippen molar-refractivity contribution in [1.29, 1.82) is 0 Å². The summed E-state index contributed by atoms with van der Waals surface area (Å²) in [7, 11) is 0. The van der Waals surface area contributed by atoms with Crippen molar-refractivity contribution in [1.82, 2.24) is 4.57 Å². The van der Waals surface area contributed by atoms with Crippen LogP contribution in [0.5, 0.6) is 0 Å². The minimum Gasteiger partial charge on any atom is -0.456 e. The number of aldehydes is 1. The number of nitrogens with zero attached hydrogens (tertiary/aromatic N) is 1. The smallest absolute Gasteiger partial charge is 0.185 e. The fraction of sp³-hybridized carbons (Fsp3) is 0.0714. The summed E-state index contributed by atoms with van der Waals surface area (Å²) in [6.45, 7) is 0.522. The third-order valence-corrected chi connectivity index (χ3v) is 3.46. The molecule has 19 heavy (non-hydrogen) atoms. The molecule has 0 aliphatic rings. The van der Waals surface area contributed by atoms with Crippen molar-refractivity contribution < 1.29 is 9.21 Å². The van der Waals surface area contributed by atoms with Gasteiger partial charge in [0.05, 0.1) is 17.1 Å². The van der Waals surface area contributed by atoms with E-state index in [0.717, 1.165) is 10.9 Å². The van der Waals surface area contributed by atoms with Crippen LogP contribution in [0.3, 0.4) is 0 Å². The van der Waals surface area contributed by atoms with Crippen LogP contribution < -0.4 is 0 Å². The zero-order valence-corrected chi connectivity index (χ0v) is 11.3. The lowest BCUT2D eigenvalue weighted by molar-refractivity contribution is 0.109. The van der Waals surface area contributed by atoms with Crippen molar-refractivity contribution in [2.24, 2.45) is 0 Å². The highest BCUT2D eigenvalue weighted by molar-refractivity contribution is 6.38. The Kier molecular flexibility index (Phi) is 3.09. The summed E-state index contributed by atoms with van der Waals surface area (Å²) in [6, 6.07) is 8.92. The Morgan fingerprint density at radius 2 is 2.05 bits per heavy atom. The standard InChI is InChI=1S/C14H9Cl2NO2/c15-9-5-13(16)12-3-4-17(14(12)6-9)7-10-1-2-11(8-18)19-10/h1-6,8H,7H2. The largest absolute Gasteiger partial charge is 0.456 e. The summed E-state index contributed by atoms with van der Waals surface area (Å²) in [5.74, 6) is 1.03. The minimum absolute atomic E-state index is 0.322. The zero-order valence-electron chi connectivity index (χ0n) is 9.77. The Morgan fingerprint density at radius 3 is 2.79 bits per heavy atom. The van der Waals surface area contributed by atoms with E-state index in [1.807, 2.05) is 22.9 Å². The zero-order chi connectivity index (χ0) is 13.4. The fourth-order valence-corrected chi connectivity index (χ4v) is 2.61. The van der Waals surface area contributed by atoms with E-state index in [0.29, 0.717) is 34.4 Å². The molecule has 0 spiro atoms. The molecule has 0 aliphatic heterocycles. The highest BCUT2D eigenvalue weighted by Gasteiger charge is 2.08. The van der Waals surface area contributed by atoms with E-state index in [-0.39, 0.29) is 0 Å². The van der Waals surface area contributed by atoms with Gasteiger partial charge in [-0.05, 0) is 30.3 Å². The number of carbonyl (C=O) groups is 1. The van der Waals surface area contributed by atoms with E-state index >= 15 is 0 Å². The van der Waals surface area contributed by atoms with Crippen LogP contribution in [0, 0.1) is 0 Å². The van der Waals surface area contributed by atoms with Gasteiger partial charge >= 0.3 is 0 Å². The number of hydrogen-bond acceptors (Lipinski definition) is 2. The number of furan rings is 1. The second-order valence-electron chi connectivity index (χ2n) is 4.19. The fourth-order valence-electron chi connectivity index (χ4n) is 2.07. The molecule has 0 radical (unpaired) electrons. The van der Waals surface area contributed by atoms with Gasteiger partial charge in [-0.15, -0.1) is 0 Å². The molecule has 0 atom stereocenters. The quantitative estimate of drug-likeness (QED) is 0.671. The van der Waals surface area contributed by atoms with Gasteiger partial charge in [0, 0.05) is 16.6 Å². The van der Waals surface area contributed by atoms with Gasteiger partial charge in [0.25, 0.3) is 0 Å². The lowest BCUT2D eigenvalue weighted by atomic mass is 10.2. The van der Waals surface area contributed by atoms with Crippen LogP contribution in [-0.4, -0.2) is 10.9 Å². The van der Waals surface area contributed by atoms with E-state index in [1.165, 1.54) is 0 Å². The van der Waals surface area contributed by atoms with Gasteiger partial charge in [-0.1, -0.05) is 23.2 Å². The summed E-state index contributed by atoms with van der Waals surface area (Å²) in [5.41, 5.74) is 0.932. The molecule has 0 bridgehead atoms. The van der Waals surface area contributed by atoms with E-state index in [4.69, 9.17) is 27.6 Å². The van der Waals surface area contributed by atoms with Gasteiger partial charge in [0.2, 0.25) is 0 Å². The van der Waals surface area contributed by atoms with Crippen LogP contribution in [0.2, 0.25) is 10.0 Å². The van der Waals surface area contributed by atoms with Gasteiger partial charge in [-0.2, -0.15) is 0 Å². The number of hydrogen-bond donors (Lipinski definition) is 0. The molecule has 0 saturated carbocycles. The molecule has 0 amide bonds. The van der Waals surface area contributed by atoms with Crippen molar-refractivity contribution in [3.63, 3.8) is 0 Å². The first-order valence-electron chi connectivity index (χ1n) is 5.65. The van der Waals surface area contributed by atoms with Crippen molar-refractivity contribution in [2.45, 2.75) is 6.54 Å². The van der Waals surface area contributed by atoms with Gasteiger partial charge in [-0.25, -0.2) is 0 Å². The molecule has 0 saturated heterocycles. The summed E-state index contributed by atoms with van der Waals surface area (Å²) in [5, 5.41) is 2.15. The van der Waals surface area contributed by atoms with Gasteiger partial charge < -0.3 is 8.98 Å². The molecule has 96 valence electrons. The first-order valence-corrected chi connectivity index (χ1v) is 6.41. The summed E-state index contributed by atoms with van der Waals surface area (Å²) in [6.07, 6.45) is 2.60. The van der Waals surface area contributed by atoms with Crippen LogP contribution in [0.1, 0.15) is 16.3 Å². The van der Waals surface area contributed by atoms with Crippen LogP contribution in [0.25, 0.3) is 10.9 Å². The number of benzene rings is 1. The van der Waals surface area contributed by atoms with Gasteiger partial charge in [-0.3, -0.25) is 4.79 Å². The maximum Gasteiger partial charge on any atom is 0.185 e. The Morgan fingerprint density at radius 1 is 1.21 bits per heavy atom. The Balaban J connectivity index is 2.03. The topological polar surface area (TPSA) is 35.1 Å². The van der Waals surface area contributed by atoms with Gasteiger partial charge in [0.15, 0.2) is 12.0 Å².